The van der Waals surface area contributed by atoms with Crippen LogP contribution < -0.4 is 5.32 Å². The molecule has 1 aliphatic rings. The largest absolute Gasteiger partial charge is 0.368 e. The van der Waals surface area contributed by atoms with Crippen LogP contribution in [0.25, 0.3) is 0 Å². The van der Waals surface area contributed by atoms with Crippen molar-refractivity contribution < 1.29 is 4.74 Å². The van der Waals surface area contributed by atoms with Gasteiger partial charge in [0.25, 0.3) is 0 Å². The molecule has 0 heterocycles. The topological polar surface area (TPSA) is 45.0 Å². The molecule has 0 amide bonds. The van der Waals surface area contributed by atoms with Gasteiger partial charge in [-0.3, -0.25) is 5.32 Å². The van der Waals surface area contributed by atoms with Crippen molar-refractivity contribution in [2.45, 2.75) is 78.6 Å². The third-order valence-corrected chi connectivity index (χ3v) is 4.31. The molecule has 20 heavy (non-hydrogen) atoms. The van der Waals surface area contributed by atoms with Crippen molar-refractivity contribution in [2.24, 2.45) is 5.41 Å². The minimum atomic E-state index is -0.199. The summed E-state index contributed by atoms with van der Waals surface area (Å²) in [6, 6.07) is 2.43. The third kappa shape index (κ3) is 4.07. The van der Waals surface area contributed by atoms with E-state index in [0.29, 0.717) is 12.6 Å². The fourth-order valence-electron chi connectivity index (χ4n) is 3.74. The Balaban J connectivity index is 2.94. The van der Waals surface area contributed by atoms with E-state index in [0.717, 1.165) is 19.3 Å². The molecule has 114 valence electrons. The first kappa shape index (κ1) is 17.2. The molecule has 0 bridgehead atoms. The SMILES string of the molecule is CCC(CC)OC1(C)C=C(C)C(NCC#N)C(C)(C)C1. The molecule has 0 radical (unpaired) electrons. The van der Waals surface area contributed by atoms with Gasteiger partial charge in [-0.25, -0.2) is 0 Å². The zero-order valence-corrected chi connectivity index (χ0v) is 13.9. The van der Waals surface area contributed by atoms with E-state index in [1.807, 2.05) is 0 Å². The molecule has 0 spiro atoms. The quantitative estimate of drug-likeness (QED) is 0.593. The number of rotatable bonds is 6. The van der Waals surface area contributed by atoms with Crippen LogP contribution in [0.4, 0.5) is 0 Å². The summed E-state index contributed by atoms with van der Waals surface area (Å²) in [5.41, 5.74) is 1.16. The number of nitrogens with zero attached hydrogens (tertiary/aromatic N) is 1. The van der Waals surface area contributed by atoms with Crippen LogP contribution in [0.5, 0.6) is 0 Å². The normalized spacial score (nSPS) is 29.1. The maximum atomic E-state index is 8.78. The summed E-state index contributed by atoms with van der Waals surface area (Å²) in [6.45, 7) is 13.6. The Morgan fingerprint density at radius 1 is 1.40 bits per heavy atom. The molecule has 3 nitrogen and oxygen atoms in total. The lowest BCUT2D eigenvalue weighted by molar-refractivity contribution is -0.0845. The summed E-state index contributed by atoms with van der Waals surface area (Å²) in [5.74, 6) is 0. The van der Waals surface area contributed by atoms with Gasteiger partial charge in [0.15, 0.2) is 0 Å². The molecule has 1 N–H and O–H groups in total. The maximum Gasteiger partial charge on any atom is 0.0847 e. The van der Waals surface area contributed by atoms with Crippen molar-refractivity contribution >= 4 is 0 Å². The molecule has 1 rings (SSSR count). The summed E-state index contributed by atoms with van der Waals surface area (Å²) in [7, 11) is 0. The van der Waals surface area contributed by atoms with Crippen molar-refractivity contribution in [3.05, 3.63) is 11.6 Å². The highest BCUT2D eigenvalue weighted by molar-refractivity contribution is 5.24. The summed E-state index contributed by atoms with van der Waals surface area (Å²) < 4.78 is 6.37. The van der Waals surface area contributed by atoms with Crippen LogP contribution in [0, 0.1) is 16.7 Å². The summed E-state index contributed by atoms with van der Waals surface area (Å²) in [6.07, 6.45) is 5.65. The van der Waals surface area contributed by atoms with Gasteiger partial charge >= 0.3 is 0 Å². The van der Waals surface area contributed by atoms with E-state index < -0.39 is 0 Å². The minimum Gasteiger partial charge on any atom is -0.368 e. The first-order valence-corrected chi connectivity index (χ1v) is 7.75. The van der Waals surface area contributed by atoms with Gasteiger partial charge < -0.3 is 4.74 Å². The molecule has 0 saturated heterocycles. The van der Waals surface area contributed by atoms with E-state index in [9.17, 15) is 0 Å². The predicted molar refractivity (Wildman–Crippen MR) is 83.4 cm³/mol. The van der Waals surface area contributed by atoms with Crippen LogP contribution in [0.1, 0.15) is 60.8 Å². The Morgan fingerprint density at radius 3 is 2.45 bits per heavy atom. The zero-order chi connectivity index (χ0) is 15.4. The lowest BCUT2D eigenvalue weighted by Gasteiger charge is -2.47. The Labute approximate surface area is 124 Å². The van der Waals surface area contributed by atoms with Crippen molar-refractivity contribution in [1.29, 1.82) is 5.26 Å². The molecule has 0 saturated carbocycles. The van der Waals surface area contributed by atoms with Gasteiger partial charge in [-0.05, 0) is 38.5 Å². The summed E-state index contributed by atoms with van der Waals surface area (Å²) in [5, 5.41) is 12.1. The number of nitriles is 1. The van der Waals surface area contributed by atoms with Gasteiger partial charge in [0.05, 0.1) is 24.3 Å². The van der Waals surface area contributed by atoms with Gasteiger partial charge in [-0.15, -0.1) is 0 Å². The van der Waals surface area contributed by atoms with Gasteiger partial charge in [-0.2, -0.15) is 5.26 Å². The molecular weight excluding hydrogens is 248 g/mol. The minimum absolute atomic E-state index is 0.0798. The highest BCUT2D eigenvalue weighted by Gasteiger charge is 2.43. The molecule has 0 aromatic carbocycles. The van der Waals surface area contributed by atoms with Gasteiger partial charge in [0.1, 0.15) is 0 Å². The summed E-state index contributed by atoms with van der Waals surface area (Å²) >= 11 is 0. The Hall–Kier alpha value is -0.850. The van der Waals surface area contributed by atoms with E-state index in [-0.39, 0.29) is 17.1 Å². The lowest BCUT2D eigenvalue weighted by atomic mass is 9.68. The van der Waals surface area contributed by atoms with Crippen molar-refractivity contribution in [2.75, 3.05) is 6.54 Å². The second-order valence-corrected chi connectivity index (χ2v) is 6.89. The molecule has 0 aromatic rings. The first-order chi connectivity index (χ1) is 9.28. The second-order valence-electron chi connectivity index (χ2n) is 6.89. The molecule has 3 heteroatoms. The molecule has 2 atom stereocenters. The van der Waals surface area contributed by atoms with Crippen LogP contribution >= 0.6 is 0 Å². The molecule has 0 aliphatic heterocycles. The summed E-state index contributed by atoms with van der Waals surface area (Å²) in [4.78, 5) is 0. The van der Waals surface area contributed by atoms with Crippen LogP contribution in [-0.2, 0) is 4.74 Å². The Kier molecular flexibility index (Phi) is 5.79. The first-order valence-electron chi connectivity index (χ1n) is 7.75. The molecule has 2 unspecified atom stereocenters. The van der Waals surface area contributed by atoms with Crippen molar-refractivity contribution in [1.82, 2.24) is 5.32 Å². The lowest BCUT2D eigenvalue weighted by Crippen LogP contribution is -2.51. The highest BCUT2D eigenvalue weighted by Crippen LogP contribution is 2.42. The molecule has 0 aromatic heterocycles. The van der Waals surface area contributed by atoms with Crippen LogP contribution in [0.3, 0.4) is 0 Å². The maximum absolute atomic E-state index is 8.78. The molecular formula is C17H30N2O. The smallest absolute Gasteiger partial charge is 0.0847 e. The van der Waals surface area contributed by atoms with E-state index in [2.05, 4.69) is 59.0 Å². The van der Waals surface area contributed by atoms with E-state index in [4.69, 9.17) is 10.00 Å². The van der Waals surface area contributed by atoms with Gasteiger partial charge in [-0.1, -0.05) is 39.3 Å². The monoisotopic (exact) mass is 278 g/mol. The number of ether oxygens (including phenoxy) is 1. The second kappa shape index (κ2) is 6.74. The van der Waals surface area contributed by atoms with Gasteiger partial charge in [0, 0.05) is 6.04 Å². The zero-order valence-electron chi connectivity index (χ0n) is 13.9. The number of hydrogen-bond acceptors (Lipinski definition) is 3. The average molecular weight is 278 g/mol. The fourth-order valence-corrected chi connectivity index (χ4v) is 3.74. The molecule has 0 fully saturated rings. The Morgan fingerprint density at radius 2 is 2.00 bits per heavy atom. The van der Waals surface area contributed by atoms with Gasteiger partial charge in [0.2, 0.25) is 0 Å². The fraction of sp³-hybridized carbons (Fsp3) is 0.824. The average Bonchev–Trinajstić information content (AvgIpc) is 2.34. The van der Waals surface area contributed by atoms with E-state index >= 15 is 0 Å². The van der Waals surface area contributed by atoms with Crippen molar-refractivity contribution in [3.63, 3.8) is 0 Å². The van der Waals surface area contributed by atoms with Crippen LogP contribution in [-0.4, -0.2) is 24.3 Å². The van der Waals surface area contributed by atoms with Crippen LogP contribution in [0.15, 0.2) is 11.6 Å². The van der Waals surface area contributed by atoms with Crippen molar-refractivity contribution in [3.8, 4) is 6.07 Å². The van der Waals surface area contributed by atoms with E-state index in [1.54, 1.807) is 0 Å². The predicted octanol–water partition coefficient (Wildman–Crippen LogP) is 3.81. The third-order valence-electron chi connectivity index (χ3n) is 4.31. The Bertz CT molecular complexity index is 390. The standard InChI is InChI=1S/C17H30N2O/c1-7-14(8-2)20-17(6)11-13(3)15(19-10-9-18)16(4,5)12-17/h11,14-15,19H,7-8,10,12H2,1-6H3. The number of hydrogen-bond donors (Lipinski definition) is 1. The van der Waals surface area contributed by atoms with Crippen LogP contribution in [0.2, 0.25) is 0 Å². The molecule has 1 aliphatic carbocycles. The highest BCUT2D eigenvalue weighted by atomic mass is 16.5. The number of nitrogens with one attached hydrogen (secondary N) is 1. The van der Waals surface area contributed by atoms with E-state index in [1.165, 1.54) is 5.57 Å².